The number of hydrogen-bond donors (Lipinski definition) is 0. The van der Waals surface area contributed by atoms with Gasteiger partial charge in [0.2, 0.25) is 0 Å². The van der Waals surface area contributed by atoms with Crippen molar-refractivity contribution >= 4 is 5.91 Å². The lowest BCUT2D eigenvalue weighted by molar-refractivity contribution is 0.0751. The molecule has 0 aromatic heterocycles. The molecule has 0 aliphatic carbocycles. The molecule has 0 spiro atoms. The van der Waals surface area contributed by atoms with Crippen LogP contribution in [0.15, 0.2) is 42.5 Å². The maximum atomic E-state index is 12.9. The maximum absolute atomic E-state index is 12.9. The predicted octanol–water partition coefficient (Wildman–Crippen LogP) is 4.11. The lowest BCUT2D eigenvalue weighted by atomic mass is 10.1. The Morgan fingerprint density at radius 3 is 2.41 bits per heavy atom. The van der Waals surface area contributed by atoms with Crippen LogP contribution < -0.4 is 9.47 Å². The molecule has 0 N–H and O–H groups in total. The highest BCUT2D eigenvalue weighted by atomic mass is 16.5. The van der Waals surface area contributed by atoms with E-state index in [0.29, 0.717) is 25.3 Å². The van der Waals surface area contributed by atoms with Gasteiger partial charge in [-0.2, -0.15) is 0 Å². The zero-order valence-corrected chi connectivity index (χ0v) is 17.2. The van der Waals surface area contributed by atoms with E-state index in [1.165, 1.54) is 37.9 Å². The number of rotatable bonds is 7. The molecule has 5 nitrogen and oxygen atoms in total. The van der Waals surface area contributed by atoms with Crippen LogP contribution >= 0.6 is 0 Å². The SMILES string of the molecule is COc1ccc2c(c1)CN(C(=O)c1ccc(OCCCN3CCCCC3)cc1)C2. The molecule has 1 amide bonds. The number of fused-ring (bicyclic) bond motifs is 1. The third kappa shape index (κ3) is 4.91. The Bertz CT molecular complexity index is 829. The van der Waals surface area contributed by atoms with Crippen molar-refractivity contribution in [3.05, 3.63) is 59.2 Å². The Balaban J connectivity index is 1.26. The van der Waals surface area contributed by atoms with E-state index in [-0.39, 0.29) is 5.91 Å². The largest absolute Gasteiger partial charge is 0.497 e. The number of carbonyl (C=O) groups is 1. The first kappa shape index (κ1) is 19.8. The molecule has 0 atom stereocenters. The van der Waals surface area contributed by atoms with Gasteiger partial charge in [0.15, 0.2) is 0 Å². The molecule has 29 heavy (non-hydrogen) atoms. The Kier molecular flexibility index (Phi) is 6.35. The number of piperidine rings is 1. The number of methoxy groups -OCH3 is 1. The van der Waals surface area contributed by atoms with Crippen molar-refractivity contribution in [2.75, 3.05) is 33.4 Å². The molecular weight excluding hydrogens is 364 g/mol. The van der Waals surface area contributed by atoms with Crippen molar-refractivity contribution in [2.24, 2.45) is 0 Å². The molecule has 2 aliphatic rings. The molecule has 2 aliphatic heterocycles. The smallest absolute Gasteiger partial charge is 0.254 e. The minimum atomic E-state index is 0.0526. The van der Waals surface area contributed by atoms with Crippen molar-refractivity contribution in [3.63, 3.8) is 0 Å². The van der Waals surface area contributed by atoms with E-state index in [1.807, 2.05) is 47.4 Å². The highest BCUT2D eigenvalue weighted by Gasteiger charge is 2.24. The van der Waals surface area contributed by atoms with Crippen molar-refractivity contribution in [1.82, 2.24) is 9.80 Å². The topological polar surface area (TPSA) is 42.0 Å². The van der Waals surface area contributed by atoms with E-state index in [9.17, 15) is 4.79 Å². The Morgan fingerprint density at radius 1 is 0.931 bits per heavy atom. The molecule has 0 saturated carbocycles. The highest BCUT2D eigenvalue weighted by molar-refractivity contribution is 5.94. The van der Waals surface area contributed by atoms with Crippen molar-refractivity contribution in [1.29, 1.82) is 0 Å². The second kappa shape index (κ2) is 9.31. The summed E-state index contributed by atoms with van der Waals surface area (Å²) in [7, 11) is 1.66. The molecule has 2 aromatic carbocycles. The standard InChI is InChI=1S/C24H30N2O3/c1-28-23-11-8-20-17-26(18-21(20)16-23)24(27)19-6-9-22(10-7-19)29-15-5-14-25-12-3-2-4-13-25/h6-11,16H,2-5,12-15,17-18H2,1H3. The zero-order valence-electron chi connectivity index (χ0n) is 17.2. The van der Waals surface area contributed by atoms with Gasteiger partial charge in [0.1, 0.15) is 11.5 Å². The quantitative estimate of drug-likeness (QED) is 0.663. The summed E-state index contributed by atoms with van der Waals surface area (Å²) < 4.78 is 11.2. The van der Waals surface area contributed by atoms with Gasteiger partial charge in [0, 0.05) is 25.2 Å². The van der Waals surface area contributed by atoms with Gasteiger partial charge in [-0.05, 0) is 79.9 Å². The third-order valence-corrected chi connectivity index (χ3v) is 5.86. The maximum Gasteiger partial charge on any atom is 0.254 e. The fraction of sp³-hybridized carbons (Fsp3) is 0.458. The summed E-state index contributed by atoms with van der Waals surface area (Å²) in [5.74, 6) is 1.71. The summed E-state index contributed by atoms with van der Waals surface area (Å²) in [4.78, 5) is 17.3. The van der Waals surface area contributed by atoms with Gasteiger partial charge in [0.05, 0.1) is 13.7 Å². The summed E-state index contributed by atoms with van der Waals surface area (Å²) in [6.45, 7) is 5.55. The second-order valence-electron chi connectivity index (χ2n) is 7.92. The van der Waals surface area contributed by atoms with E-state index in [4.69, 9.17) is 9.47 Å². The molecular formula is C24H30N2O3. The van der Waals surface area contributed by atoms with Crippen LogP contribution in [-0.2, 0) is 13.1 Å². The third-order valence-electron chi connectivity index (χ3n) is 5.86. The summed E-state index contributed by atoms with van der Waals surface area (Å²) in [5, 5.41) is 0. The first-order valence-corrected chi connectivity index (χ1v) is 10.6. The Labute approximate surface area is 173 Å². The molecule has 2 aromatic rings. The summed E-state index contributed by atoms with van der Waals surface area (Å²) in [5.41, 5.74) is 3.05. The van der Waals surface area contributed by atoms with Gasteiger partial charge in [-0.25, -0.2) is 0 Å². The van der Waals surface area contributed by atoms with E-state index in [1.54, 1.807) is 7.11 Å². The van der Waals surface area contributed by atoms with Gasteiger partial charge in [-0.15, -0.1) is 0 Å². The fourth-order valence-electron chi connectivity index (χ4n) is 4.18. The minimum absolute atomic E-state index is 0.0526. The first-order valence-electron chi connectivity index (χ1n) is 10.6. The van der Waals surface area contributed by atoms with E-state index >= 15 is 0 Å². The van der Waals surface area contributed by atoms with Crippen LogP contribution in [0.25, 0.3) is 0 Å². The molecule has 0 unspecified atom stereocenters. The lowest BCUT2D eigenvalue weighted by Gasteiger charge is -2.26. The average molecular weight is 395 g/mol. The van der Waals surface area contributed by atoms with E-state index in [0.717, 1.165) is 30.0 Å². The molecule has 1 fully saturated rings. The number of amides is 1. The normalized spacial score (nSPS) is 16.5. The van der Waals surface area contributed by atoms with Crippen molar-refractivity contribution in [3.8, 4) is 11.5 Å². The number of ether oxygens (including phenoxy) is 2. The Hall–Kier alpha value is -2.53. The van der Waals surface area contributed by atoms with Crippen LogP contribution in [0.1, 0.15) is 47.2 Å². The average Bonchev–Trinajstić information content (AvgIpc) is 3.20. The molecule has 154 valence electrons. The second-order valence-corrected chi connectivity index (χ2v) is 7.92. The molecule has 2 heterocycles. The molecule has 1 saturated heterocycles. The number of nitrogens with zero attached hydrogens (tertiary/aromatic N) is 2. The predicted molar refractivity (Wildman–Crippen MR) is 113 cm³/mol. The van der Waals surface area contributed by atoms with Crippen molar-refractivity contribution < 1.29 is 14.3 Å². The van der Waals surface area contributed by atoms with Gasteiger partial charge in [-0.3, -0.25) is 4.79 Å². The van der Waals surface area contributed by atoms with Crippen molar-refractivity contribution in [2.45, 2.75) is 38.8 Å². The van der Waals surface area contributed by atoms with Crippen LogP contribution in [0.2, 0.25) is 0 Å². The molecule has 4 rings (SSSR count). The van der Waals surface area contributed by atoms with Crippen LogP contribution in [0.4, 0.5) is 0 Å². The Morgan fingerprint density at radius 2 is 1.66 bits per heavy atom. The number of hydrogen-bond acceptors (Lipinski definition) is 4. The minimum Gasteiger partial charge on any atom is -0.497 e. The molecule has 0 radical (unpaired) electrons. The van der Waals surface area contributed by atoms with Crippen LogP contribution in [0, 0.1) is 0 Å². The molecule has 0 bridgehead atoms. The van der Waals surface area contributed by atoms with Gasteiger partial charge in [0.25, 0.3) is 5.91 Å². The summed E-state index contributed by atoms with van der Waals surface area (Å²) in [6, 6.07) is 13.6. The summed E-state index contributed by atoms with van der Waals surface area (Å²) >= 11 is 0. The number of likely N-dealkylation sites (tertiary alicyclic amines) is 1. The van der Waals surface area contributed by atoms with Crippen LogP contribution in [0.5, 0.6) is 11.5 Å². The van der Waals surface area contributed by atoms with Crippen LogP contribution in [0.3, 0.4) is 0 Å². The van der Waals surface area contributed by atoms with E-state index < -0.39 is 0 Å². The van der Waals surface area contributed by atoms with Gasteiger partial charge < -0.3 is 19.3 Å². The monoisotopic (exact) mass is 394 g/mol. The number of benzene rings is 2. The first-order chi connectivity index (χ1) is 14.2. The fourth-order valence-corrected chi connectivity index (χ4v) is 4.18. The van der Waals surface area contributed by atoms with E-state index in [2.05, 4.69) is 4.90 Å². The zero-order chi connectivity index (χ0) is 20.1. The summed E-state index contributed by atoms with van der Waals surface area (Å²) in [6.07, 6.45) is 5.06. The van der Waals surface area contributed by atoms with Gasteiger partial charge in [-0.1, -0.05) is 12.5 Å². The van der Waals surface area contributed by atoms with Crippen LogP contribution in [-0.4, -0.2) is 49.1 Å². The number of carbonyl (C=O) groups excluding carboxylic acids is 1. The molecule has 5 heteroatoms. The highest BCUT2D eigenvalue weighted by Crippen LogP contribution is 2.28. The van der Waals surface area contributed by atoms with Gasteiger partial charge >= 0.3 is 0 Å². The lowest BCUT2D eigenvalue weighted by Crippen LogP contribution is -2.31.